The number of Topliss-reactive ketones (excluding diaryl/α,β-unsaturated/α-hetero) is 1. The van der Waals surface area contributed by atoms with Crippen LogP contribution in [0.4, 0.5) is 5.82 Å². The molecule has 0 spiro atoms. The number of amides is 1. The van der Waals surface area contributed by atoms with Gasteiger partial charge in [-0.1, -0.05) is 48.5 Å². The third-order valence-corrected chi connectivity index (χ3v) is 5.06. The fraction of sp³-hybridized carbons (Fsp3) is 0.227. The lowest BCUT2D eigenvalue weighted by Gasteiger charge is -2.15. The van der Waals surface area contributed by atoms with Crippen LogP contribution in [0.1, 0.15) is 44.5 Å². The number of anilines is 1. The predicted molar refractivity (Wildman–Crippen MR) is 107 cm³/mol. The van der Waals surface area contributed by atoms with Gasteiger partial charge in [0.1, 0.15) is 0 Å². The van der Waals surface area contributed by atoms with Gasteiger partial charge in [-0.2, -0.15) is 5.10 Å². The van der Waals surface area contributed by atoms with Gasteiger partial charge in [-0.05, 0) is 25.0 Å². The van der Waals surface area contributed by atoms with Crippen LogP contribution in [-0.4, -0.2) is 33.3 Å². The van der Waals surface area contributed by atoms with Gasteiger partial charge in [0.05, 0.1) is 11.3 Å². The molecule has 0 aliphatic carbocycles. The Morgan fingerprint density at radius 2 is 1.75 bits per heavy atom. The molecule has 0 unspecified atom stereocenters. The summed E-state index contributed by atoms with van der Waals surface area (Å²) in [5.41, 5.74) is 4.14. The molecule has 1 aromatic heterocycles. The Kier molecular flexibility index (Phi) is 5.04. The van der Waals surface area contributed by atoms with Crippen LogP contribution in [0.2, 0.25) is 0 Å². The van der Waals surface area contributed by atoms with Gasteiger partial charge < -0.3 is 5.32 Å². The molecular formula is C22H22N4O2. The third kappa shape index (κ3) is 3.73. The van der Waals surface area contributed by atoms with E-state index in [4.69, 9.17) is 0 Å². The number of hydrogen-bond acceptors (Lipinski definition) is 4. The van der Waals surface area contributed by atoms with Crippen LogP contribution in [0.15, 0.2) is 54.6 Å². The molecule has 6 heteroatoms. The van der Waals surface area contributed by atoms with Crippen LogP contribution in [0, 0.1) is 0 Å². The van der Waals surface area contributed by atoms with E-state index in [0.29, 0.717) is 16.9 Å². The molecule has 1 aliphatic heterocycles. The number of ketones is 1. The van der Waals surface area contributed by atoms with Crippen LogP contribution in [-0.2, 0) is 19.5 Å². The van der Waals surface area contributed by atoms with Gasteiger partial charge >= 0.3 is 0 Å². The molecule has 1 aliphatic rings. The molecule has 28 heavy (non-hydrogen) atoms. The summed E-state index contributed by atoms with van der Waals surface area (Å²) in [7, 11) is 0. The molecule has 0 bridgehead atoms. The van der Waals surface area contributed by atoms with Crippen molar-refractivity contribution in [2.45, 2.75) is 26.4 Å². The van der Waals surface area contributed by atoms with Gasteiger partial charge in [0, 0.05) is 30.8 Å². The zero-order chi connectivity index (χ0) is 19.5. The fourth-order valence-electron chi connectivity index (χ4n) is 3.56. The molecule has 0 saturated carbocycles. The average Bonchev–Trinajstić information content (AvgIpc) is 3.28. The molecule has 4 rings (SSSR count). The molecule has 0 fully saturated rings. The fourth-order valence-corrected chi connectivity index (χ4v) is 3.56. The molecular weight excluding hydrogens is 352 g/mol. The number of H-pyrrole nitrogens is 1. The average molecular weight is 374 g/mol. The van der Waals surface area contributed by atoms with Gasteiger partial charge in [-0.25, -0.2) is 0 Å². The maximum absolute atomic E-state index is 12.7. The number of nitrogens with zero attached hydrogens (tertiary/aromatic N) is 2. The standard InChI is InChI=1S/C22H22N4O2/c1-15(27)17-9-5-6-10-18(17)22(28)23-21-19-13-26(14-20(19)24-25-21)12-11-16-7-3-2-4-8-16/h2-10H,11-14H2,1H3,(H2,23,24,25,28). The van der Waals surface area contributed by atoms with Crippen molar-refractivity contribution < 1.29 is 9.59 Å². The number of hydrogen-bond donors (Lipinski definition) is 2. The van der Waals surface area contributed by atoms with E-state index < -0.39 is 0 Å². The maximum atomic E-state index is 12.7. The molecule has 2 heterocycles. The van der Waals surface area contributed by atoms with Crippen molar-refractivity contribution in [3.63, 3.8) is 0 Å². The van der Waals surface area contributed by atoms with E-state index in [-0.39, 0.29) is 11.7 Å². The Hall–Kier alpha value is -3.25. The first-order valence-corrected chi connectivity index (χ1v) is 9.35. The van der Waals surface area contributed by atoms with E-state index in [0.717, 1.165) is 37.3 Å². The smallest absolute Gasteiger partial charge is 0.257 e. The quantitative estimate of drug-likeness (QED) is 0.648. The lowest BCUT2D eigenvalue weighted by Crippen LogP contribution is -2.21. The zero-order valence-electron chi connectivity index (χ0n) is 15.7. The van der Waals surface area contributed by atoms with Crippen molar-refractivity contribution in [1.82, 2.24) is 15.1 Å². The Morgan fingerprint density at radius 1 is 1.04 bits per heavy atom. The van der Waals surface area contributed by atoms with Crippen LogP contribution < -0.4 is 5.32 Å². The number of aromatic nitrogens is 2. The van der Waals surface area contributed by atoms with E-state index in [1.165, 1.54) is 12.5 Å². The van der Waals surface area contributed by atoms with Crippen molar-refractivity contribution >= 4 is 17.5 Å². The second-order valence-corrected chi connectivity index (χ2v) is 7.03. The van der Waals surface area contributed by atoms with Gasteiger partial charge in [-0.15, -0.1) is 0 Å². The normalized spacial score (nSPS) is 13.3. The maximum Gasteiger partial charge on any atom is 0.257 e. The lowest BCUT2D eigenvalue weighted by molar-refractivity contribution is 0.0985. The number of carbonyl (C=O) groups is 2. The summed E-state index contributed by atoms with van der Waals surface area (Å²) in [4.78, 5) is 26.8. The molecule has 0 saturated heterocycles. The molecule has 142 valence electrons. The predicted octanol–water partition coefficient (Wildman–Crippen LogP) is 3.42. The molecule has 0 radical (unpaired) electrons. The Balaban J connectivity index is 1.43. The molecule has 1 amide bonds. The van der Waals surface area contributed by atoms with Gasteiger partial charge in [-0.3, -0.25) is 19.6 Å². The molecule has 3 aromatic rings. The highest BCUT2D eigenvalue weighted by molar-refractivity contribution is 6.12. The molecule has 2 aromatic carbocycles. The van der Waals surface area contributed by atoms with Crippen molar-refractivity contribution in [2.75, 3.05) is 11.9 Å². The van der Waals surface area contributed by atoms with Gasteiger partial charge in [0.15, 0.2) is 11.6 Å². The summed E-state index contributed by atoms with van der Waals surface area (Å²) in [6, 6.07) is 17.2. The van der Waals surface area contributed by atoms with Crippen LogP contribution >= 0.6 is 0 Å². The van der Waals surface area contributed by atoms with Crippen LogP contribution in [0.25, 0.3) is 0 Å². The second kappa shape index (κ2) is 7.78. The van der Waals surface area contributed by atoms with Gasteiger partial charge in [0.25, 0.3) is 5.91 Å². The topological polar surface area (TPSA) is 78.1 Å². The Bertz CT molecular complexity index is 1010. The minimum atomic E-state index is -0.317. The summed E-state index contributed by atoms with van der Waals surface area (Å²) < 4.78 is 0. The first-order valence-electron chi connectivity index (χ1n) is 9.35. The summed E-state index contributed by atoms with van der Waals surface area (Å²) in [5, 5.41) is 10.2. The summed E-state index contributed by atoms with van der Waals surface area (Å²) in [6.45, 7) is 3.92. The highest BCUT2D eigenvalue weighted by Gasteiger charge is 2.26. The third-order valence-electron chi connectivity index (χ3n) is 5.06. The van der Waals surface area contributed by atoms with Crippen molar-refractivity contribution in [3.05, 3.63) is 82.5 Å². The first kappa shape index (κ1) is 18.1. The number of rotatable bonds is 6. The number of fused-ring (bicyclic) bond motifs is 1. The highest BCUT2D eigenvalue weighted by Crippen LogP contribution is 2.27. The minimum absolute atomic E-state index is 0.134. The van der Waals surface area contributed by atoms with E-state index in [1.807, 2.05) is 6.07 Å². The van der Waals surface area contributed by atoms with Crippen LogP contribution in [0.5, 0.6) is 0 Å². The second-order valence-electron chi connectivity index (χ2n) is 7.03. The van der Waals surface area contributed by atoms with E-state index in [9.17, 15) is 9.59 Å². The zero-order valence-corrected chi connectivity index (χ0v) is 15.7. The highest BCUT2D eigenvalue weighted by atomic mass is 16.2. The van der Waals surface area contributed by atoms with Gasteiger partial charge in [0.2, 0.25) is 0 Å². The molecule has 0 atom stereocenters. The van der Waals surface area contributed by atoms with E-state index in [1.54, 1.807) is 24.3 Å². The number of benzene rings is 2. The molecule has 6 nitrogen and oxygen atoms in total. The Morgan fingerprint density at radius 3 is 2.50 bits per heavy atom. The SMILES string of the molecule is CC(=O)c1ccccc1C(=O)Nc1n[nH]c2c1CN(CCc1ccccc1)C2. The minimum Gasteiger partial charge on any atom is -0.305 e. The number of carbonyl (C=O) groups excluding carboxylic acids is 2. The Labute approximate surface area is 163 Å². The largest absolute Gasteiger partial charge is 0.305 e. The summed E-state index contributed by atoms with van der Waals surface area (Å²) >= 11 is 0. The van der Waals surface area contributed by atoms with Crippen LogP contribution in [0.3, 0.4) is 0 Å². The van der Waals surface area contributed by atoms with E-state index in [2.05, 4.69) is 44.7 Å². The van der Waals surface area contributed by atoms with E-state index >= 15 is 0 Å². The van der Waals surface area contributed by atoms with Crippen molar-refractivity contribution in [2.24, 2.45) is 0 Å². The lowest BCUT2D eigenvalue weighted by atomic mass is 10.0. The molecule has 2 N–H and O–H groups in total. The van der Waals surface area contributed by atoms with Crippen molar-refractivity contribution in [1.29, 1.82) is 0 Å². The first-order chi connectivity index (χ1) is 13.6. The summed E-state index contributed by atoms with van der Waals surface area (Å²) in [5.74, 6) is 0.0912. The number of aromatic amines is 1. The summed E-state index contributed by atoms with van der Waals surface area (Å²) in [6.07, 6.45) is 0.978. The van der Waals surface area contributed by atoms with Crippen molar-refractivity contribution in [3.8, 4) is 0 Å². The monoisotopic (exact) mass is 374 g/mol. The number of nitrogens with one attached hydrogen (secondary N) is 2.